The van der Waals surface area contributed by atoms with E-state index in [1.54, 1.807) is 0 Å². The fourth-order valence-electron chi connectivity index (χ4n) is 1.88. The van der Waals surface area contributed by atoms with Gasteiger partial charge in [-0.25, -0.2) is 0 Å². The van der Waals surface area contributed by atoms with Crippen LogP contribution < -0.4 is 9.80 Å². The van der Waals surface area contributed by atoms with Gasteiger partial charge in [0, 0.05) is 26.2 Å². The molecule has 0 spiro atoms. The van der Waals surface area contributed by atoms with Gasteiger partial charge in [0.05, 0.1) is 13.2 Å². The minimum atomic E-state index is 0.244. The van der Waals surface area contributed by atoms with Gasteiger partial charge < -0.3 is 14.5 Å². The summed E-state index contributed by atoms with van der Waals surface area (Å²) >= 11 is 5.98. The second kappa shape index (κ2) is 6.15. The topological polar surface area (TPSA) is 54.4 Å². The molecule has 1 fully saturated rings. The molecule has 7 heteroatoms. The molecule has 0 amide bonds. The van der Waals surface area contributed by atoms with Crippen LogP contribution in [0.3, 0.4) is 0 Å². The van der Waals surface area contributed by atoms with Crippen molar-refractivity contribution in [3.63, 3.8) is 0 Å². The minimum Gasteiger partial charge on any atom is -0.378 e. The van der Waals surface area contributed by atoms with E-state index >= 15 is 0 Å². The number of halogens is 1. The van der Waals surface area contributed by atoms with Gasteiger partial charge in [0.15, 0.2) is 0 Å². The molecule has 1 aliphatic rings. The lowest BCUT2D eigenvalue weighted by Gasteiger charge is -2.27. The van der Waals surface area contributed by atoms with Gasteiger partial charge in [-0.2, -0.15) is 15.0 Å². The van der Waals surface area contributed by atoms with Crippen molar-refractivity contribution in [1.82, 2.24) is 15.0 Å². The molecular weight excluding hydrogens is 254 g/mol. The zero-order chi connectivity index (χ0) is 13.0. The van der Waals surface area contributed by atoms with Gasteiger partial charge in [-0.1, -0.05) is 0 Å². The number of hydrogen-bond donors (Lipinski definition) is 0. The normalized spacial score (nSPS) is 15.8. The maximum absolute atomic E-state index is 5.98. The Bertz CT molecular complexity index is 393. The first kappa shape index (κ1) is 13.3. The molecule has 1 aromatic rings. The Morgan fingerprint density at radius 1 is 1.17 bits per heavy atom. The summed E-state index contributed by atoms with van der Waals surface area (Å²) in [4.78, 5) is 17.0. The van der Waals surface area contributed by atoms with Crippen LogP contribution >= 0.6 is 11.6 Å². The summed E-state index contributed by atoms with van der Waals surface area (Å²) in [6, 6.07) is 0. The van der Waals surface area contributed by atoms with Gasteiger partial charge >= 0.3 is 0 Å². The van der Waals surface area contributed by atoms with E-state index < -0.39 is 0 Å². The molecule has 0 aliphatic carbocycles. The zero-order valence-corrected chi connectivity index (χ0v) is 11.5. The third-order valence-corrected chi connectivity index (χ3v) is 3.09. The van der Waals surface area contributed by atoms with E-state index in [4.69, 9.17) is 16.3 Å². The van der Waals surface area contributed by atoms with Crippen LogP contribution in [0.15, 0.2) is 0 Å². The average molecular weight is 272 g/mol. The molecule has 100 valence electrons. The summed E-state index contributed by atoms with van der Waals surface area (Å²) in [5, 5.41) is 0.244. The Morgan fingerprint density at radius 2 is 1.83 bits per heavy atom. The van der Waals surface area contributed by atoms with Gasteiger partial charge in [0.1, 0.15) is 0 Å². The van der Waals surface area contributed by atoms with Gasteiger partial charge in [-0.3, -0.25) is 0 Å². The van der Waals surface area contributed by atoms with E-state index in [0.717, 1.165) is 26.2 Å². The van der Waals surface area contributed by atoms with Crippen LogP contribution in [-0.2, 0) is 4.74 Å². The van der Waals surface area contributed by atoms with Crippen LogP contribution in [0.25, 0.3) is 0 Å². The summed E-state index contributed by atoms with van der Waals surface area (Å²) in [6.07, 6.45) is 0. The third kappa shape index (κ3) is 3.00. The molecule has 2 heterocycles. The first-order valence-electron chi connectivity index (χ1n) is 6.23. The Balaban J connectivity index is 2.24. The minimum absolute atomic E-state index is 0.244. The van der Waals surface area contributed by atoms with Crippen LogP contribution in [0.2, 0.25) is 5.28 Å². The number of rotatable bonds is 4. The molecule has 0 saturated carbocycles. The predicted octanol–water partition coefficient (Wildman–Crippen LogP) is 1.21. The zero-order valence-electron chi connectivity index (χ0n) is 10.8. The van der Waals surface area contributed by atoms with Crippen molar-refractivity contribution in [1.29, 1.82) is 0 Å². The lowest BCUT2D eigenvalue weighted by atomic mass is 10.4. The summed E-state index contributed by atoms with van der Waals surface area (Å²) < 4.78 is 5.32. The van der Waals surface area contributed by atoms with Crippen molar-refractivity contribution in [2.24, 2.45) is 0 Å². The van der Waals surface area contributed by atoms with Gasteiger partial charge in [-0.05, 0) is 25.4 Å². The Labute approximate surface area is 112 Å². The Kier molecular flexibility index (Phi) is 4.54. The maximum atomic E-state index is 5.98. The second-order valence-corrected chi connectivity index (χ2v) is 4.31. The monoisotopic (exact) mass is 271 g/mol. The van der Waals surface area contributed by atoms with E-state index in [1.165, 1.54) is 0 Å². The lowest BCUT2D eigenvalue weighted by molar-refractivity contribution is 0.122. The van der Waals surface area contributed by atoms with Crippen molar-refractivity contribution in [2.75, 3.05) is 49.2 Å². The summed E-state index contributed by atoms with van der Waals surface area (Å²) in [7, 11) is 0. The number of nitrogens with zero attached hydrogens (tertiary/aromatic N) is 5. The van der Waals surface area contributed by atoms with Crippen molar-refractivity contribution in [3.05, 3.63) is 5.28 Å². The summed E-state index contributed by atoms with van der Waals surface area (Å²) in [5.41, 5.74) is 0. The molecule has 1 aliphatic heterocycles. The first-order valence-corrected chi connectivity index (χ1v) is 6.61. The molecule has 0 unspecified atom stereocenters. The van der Waals surface area contributed by atoms with E-state index in [-0.39, 0.29) is 5.28 Å². The summed E-state index contributed by atoms with van der Waals surface area (Å²) in [5.74, 6) is 1.28. The molecule has 6 nitrogen and oxygen atoms in total. The van der Waals surface area contributed by atoms with E-state index in [2.05, 4.69) is 38.6 Å². The van der Waals surface area contributed by atoms with Crippen LogP contribution in [0.4, 0.5) is 11.9 Å². The number of anilines is 2. The Morgan fingerprint density at radius 3 is 2.44 bits per heavy atom. The van der Waals surface area contributed by atoms with E-state index in [1.807, 2.05) is 0 Å². The van der Waals surface area contributed by atoms with Crippen molar-refractivity contribution < 1.29 is 4.74 Å². The fraction of sp³-hybridized carbons (Fsp3) is 0.727. The van der Waals surface area contributed by atoms with Crippen molar-refractivity contribution in [2.45, 2.75) is 13.8 Å². The number of ether oxygens (including phenoxy) is 1. The van der Waals surface area contributed by atoms with Crippen molar-refractivity contribution in [3.8, 4) is 0 Å². The number of hydrogen-bond acceptors (Lipinski definition) is 6. The largest absolute Gasteiger partial charge is 0.378 e. The summed E-state index contributed by atoms with van der Waals surface area (Å²) in [6.45, 7) is 8.80. The molecule has 1 saturated heterocycles. The van der Waals surface area contributed by atoms with E-state index in [9.17, 15) is 0 Å². The molecular formula is C11H18ClN5O. The van der Waals surface area contributed by atoms with Crippen molar-refractivity contribution >= 4 is 23.5 Å². The molecule has 0 N–H and O–H groups in total. The highest BCUT2D eigenvalue weighted by atomic mass is 35.5. The molecule has 0 bridgehead atoms. The smallest absolute Gasteiger partial charge is 0.231 e. The van der Waals surface area contributed by atoms with Gasteiger partial charge in [0.25, 0.3) is 0 Å². The molecule has 0 aromatic carbocycles. The maximum Gasteiger partial charge on any atom is 0.231 e. The third-order valence-electron chi connectivity index (χ3n) is 2.92. The van der Waals surface area contributed by atoms with Crippen LogP contribution in [0, 0.1) is 0 Å². The first-order chi connectivity index (χ1) is 8.74. The molecule has 1 aromatic heterocycles. The van der Waals surface area contributed by atoms with E-state index in [0.29, 0.717) is 25.1 Å². The average Bonchev–Trinajstić information content (AvgIpc) is 2.40. The second-order valence-electron chi connectivity index (χ2n) is 3.98. The molecule has 2 rings (SSSR count). The highest BCUT2D eigenvalue weighted by Gasteiger charge is 2.17. The number of morpholine rings is 1. The quantitative estimate of drug-likeness (QED) is 0.820. The molecule has 0 radical (unpaired) electrons. The lowest BCUT2D eigenvalue weighted by Crippen LogP contribution is -2.38. The fourth-order valence-corrected chi connectivity index (χ4v) is 2.03. The van der Waals surface area contributed by atoms with Crippen LogP contribution in [-0.4, -0.2) is 54.3 Å². The van der Waals surface area contributed by atoms with Gasteiger partial charge in [-0.15, -0.1) is 0 Å². The predicted molar refractivity (Wildman–Crippen MR) is 71.4 cm³/mol. The Hall–Kier alpha value is -1.14. The molecule has 18 heavy (non-hydrogen) atoms. The SMILES string of the molecule is CCN(CC)c1nc(Cl)nc(N2CCOCC2)n1. The number of aromatic nitrogens is 3. The van der Waals surface area contributed by atoms with Crippen LogP contribution in [0.5, 0.6) is 0 Å². The van der Waals surface area contributed by atoms with Crippen LogP contribution in [0.1, 0.15) is 13.8 Å². The molecule has 0 atom stereocenters. The standard InChI is InChI=1S/C11H18ClN5O/c1-3-16(4-2)10-13-9(12)14-11(15-10)17-5-7-18-8-6-17/h3-8H2,1-2H3. The highest BCUT2D eigenvalue weighted by Crippen LogP contribution is 2.17. The van der Waals surface area contributed by atoms with Gasteiger partial charge in [0.2, 0.25) is 17.2 Å². The highest BCUT2D eigenvalue weighted by molar-refractivity contribution is 6.28.